The van der Waals surface area contributed by atoms with Gasteiger partial charge in [-0.1, -0.05) is 109 Å². The van der Waals surface area contributed by atoms with Crippen LogP contribution in [-0.4, -0.2) is 29.1 Å². The molecule has 11 heteroatoms. The number of para-hydroxylation sites is 2. The Morgan fingerprint density at radius 1 is 0.745 bits per heavy atom. The number of carbonyl (C=O) groups excluding carboxylic acids is 2. The van der Waals surface area contributed by atoms with E-state index < -0.39 is 12.1 Å². The monoisotopic (exact) mass is 745 g/mol. The average Bonchev–Trinajstić information content (AvgIpc) is 3.56. The SMILES string of the molecule is NCc1cccc(Oc2ccccc2N(Cc2ccc3c(c2)Cc2ccccc2-3)C(=O)CCC(=O)NCc2cccc3ccccc23)c1.O=C(O)C(F)(F)F. The zero-order valence-electron chi connectivity index (χ0n) is 29.7. The van der Waals surface area contributed by atoms with Crippen LogP contribution in [0.3, 0.4) is 0 Å². The molecule has 0 aromatic heterocycles. The number of carboxylic acid groups (broad SMARTS) is 1. The molecule has 6 aromatic carbocycles. The number of alkyl halides is 3. The van der Waals surface area contributed by atoms with Crippen LogP contribution in [0.2, 0.25) is 0 Å². The molecule has 0 saturated carbocycles. The van der Waals surface area contributed by atoms with E-state index in [1.54, 1.807) is 4.90 Å². The van der Waals surface area contributed by atoms with E-state index in [1.165, 1.54) is 22.3 Å². The van der Waals surface area contributed by atoms with Crippen molar-refractivity contribution in [3.8, 4) is 22.6 Å². The number of carboxylic acids is 1. The molecule has 7 rings (SSSR count). The van der Waals surface area contributed by atoms with Gasteiger partial charge in [0.15, 0.2) is 5.75 Å². The van der Waals surface area contributed by atoms with Gasteiger partial charge in [0.1, 0.15) is 5.75 Å². The van der Waals surface area contributed by atoms with Gasteiger partial charge in [-0.2, -0.15) is 13.2 Å². The molecule has 0 fully saturated rings. The lowest BCUT2D eigenvalue weighted by Crippen LogP contribution is -2.32. The molecule has 0 heterocycles. The summed E-state index contributed by atoms with van der Waals surface area (Å²) in [6.45, 7) is 1.13. The summed E-state index contributed by atoms with van der Waals surface area (Å²) in [6, 6.07) is 44.3. The van der Waals surface area contributed by atoms with Crippen molar-refractivity contribution < 1.29 is 37.4 Å². The maximum Gasteiger partial charge on any atom is 0.490 e. The van der Waals surface area contributed by atoms with Crippen LogP contribution >= 0.6 is 0 Å². The van der Waals surface area contributed by atoms with Gasteiger partial charge in [0, 0.05) is 25.9 Å². The Hall–Kier alpha value is -6.46. The topological polar surface area (TPSA) is 122 Å². The maximum atomic E-state index is 14.1. The number of benzene rings is 6. The summed E-state index contributed by atoms with van der Waals surface area (Å²) in [7, 11) is 0. The smallest absolute Gasteiger partial charge is 0.475 e. The first-order valence-electron chi connectivity index (χ1n) is 17.6. The second-order valence-electron chi connectivity index (χ2n) is 12.9. The molecule has 1 aliphatic rings. The van der Waals surface area contributed by atoms with E-state index in [9.17, 15) is 22.8 Å². The van der Waals surface area contributed by atoms with Gasteiger partial charge in [-0.05, 0) is 80.4 Å². The van der Waals surface area contributed by atoms with E-state index in [1.807, 2.05) is 72.8 Å². The van der Waals surface area contributed by atoms with Crippen molar-refractivity contribution in [3.63, 3.8) is 0 Å². The molecular formula is C44H38F3N3O5. The Labute approximate surface area is 316 Å². The molecular weight excluding hydrogens is 707 g/mol. The summed E-state index contributed by atoms with van der Waals surface area (Å²) in [5, 5.41) is 12.4. The number of anilines is 1. The van der Waals surface area contributed by atoms with Crippen molar-refractivity contribution in [3.05, 3.63) is 161 Å². The summed E-state index contributed by atoms with van der Waals surface area (Å²) >= 11 is 0. The average molecular weight is 746 g/mol. The number of amides is 2. The Morgan fingerprint density at radius 2 is 1.44 bits per heavy atom. The minimum Gasteiger partial charge on any atom is -0.475 e. The molecule has 2 amide bonds. The highest BCUT2D eigenvalue weighted by Gasteiger charge is 2.38. The Kier molecular flexibility index (Phi) is 11.9. The van der Waals surface area contributed by atoms with Gasteiger partial charge in [0.2, 0.25) is 11.8 Å². The number of hydrogen-bond acceptors (Lipinski definition) is 5. The highest BCUT2D eigenvalue weighted by atomic mass is 19.4. The van der Waals surface area contributed by atoms with Crippen molar-refractivity contribution in [1.82, 2.24) is 5.32 Å². The van der Waals surface area contributed by atoms with Gasteiger partial charge < -0.3 is 25.8 Å². The van der Waals surface area contributed by atoms with Gasteiger partial charge in [0.05, 0.1) is 12.2 Å². The quantitative estimate of drug-likeness (QED) is 0.122. The summed E-state index contributed by atoms with van der Waals surface area (Å²) in [4.78, 5) is 37.8. The fourth-order valence-electron chi connectivity index (χ4n) is 6.50. The summed E-state index contributed by atoms with van der Waals surface area (Å²) in [5.41, 5.74) is 14.6. The molecule has 8 nitrogen and oxygen atoms in total. The molecule has 0 unspecified atom stereocenters. The van der Waals surface area contributed by atoms with Crippen molar-refractivity contribution in [1.29, 1.82) is 0 Å². The zero-order valence-corrected chi connectivity index (χ0v) is 29.7. The summed E-state index contributed by atoms with van der Waals surface area (Å²) in [5.74, 6) is -1.90. The molecule has 0 aliphatic heterocycles. The van der Waals surface area contributed by atoms with E-state index in [4.69, 9.17) is 20.4 Å². The number of carbonyl (C=O) groups is 3. The lowest BCUT2D eigenvalue weighted by Gasteiger charge is -2.26. The minimum absolute atomic E-state index is 0.0503. The van der Waals surface area contributed by atoms with Crippen molar-refractivity contribution in [2.45, 2.75) is 45.1 Å². The number of halogens is 3. The van der Waals surface area contributed by atoms with E-state index in [0.717, 1.165) is 33.9 Å². The van der Waals surface area contributed by atoms with Crippen LogP contribution in [0.4, 0.5) is 18.9 Å². The molecule has 0 radical (unpaired) electrons. The molecule has 0 bridgehead atoms. The van der Waals surface area contributed by atoms with Gasteiger partial charge in [-0.25, -0.2) is 4.79 Å². The van der Waals surface area contributed by atoms with Crippen LogP contribution in [-0.2, 0) is 40.4 Å². The maximum absolute atomic E-state index is 14.1. The van der Waals surface area contributed by atoms with Crippen LogP contribution in [0.25, 0.3) is 21.9 Å². The van der Waals surface area contributed by atoms with Crippen LogP contribution in [0, 0.1) is 0 Å². The summed E-state index contributed by atoms with van der Waals surface area (Å²) in [6.07, 6.45) is -4.10. The van der Waals surface area contributed by atoms with Crippen LogP contribution in [0.1, 0.15) is 40.7 Å². The van der Waals surface area contributed by atoms with Crippen molar-refractivity contribution in [2.24, 2.45) is 5.73 Å². The van der Waals surface area contributed by atoms with Crippen molar-refractivity contribution in [2.75, 3.05) is 4.90 Å². The Balaban J connectivity index is 0.000000672. The predicted molar refractivity (Wildman–Crippen MR) is 205 cm³/mol. The number of aliphatic carboxylic acids is 1. The largest absolute Gasteiger partial charge is 0.490 e. The first-order valence-corrected chi connectivity index (χ1v) is 17.6. The highest BCUT2D eigenvalue weighted by molar-refractivity contribution is 5.97. The zero-order chi connectivity index (χ0) is 39.0. The van der Waals surface area contributed by atoms with Gasteiger partial charge in [0.25, 0.3) is 0 Å². The van der Waals surface area contributed by atoms with Gasteiger partial charge >= 0.3 is 12.1 Å². The molecule has 55 heavy (non-hydrogen) atoms. The van der Waals surface area contributed by atoms with E-state index in [2.05, 4.69) is 66.0 Å². The molecule has 0 spiro atoms. The normalized spacial score (nSPS) is 11.5. The predicted octanol–water partition coefficient (Wildman–Crippen LogP) is 8.93. The first kappa shape index (κ1) is 38.3. The Bertz CT molecular complexity index is 2340. The standard InChI is InChI=1S/C42H37N3O3.C2HF3O2/c43-26-29-9-7-14-35(24-29)48-40-18-6-5-17-39(40)45(28-30-19-20-38-34(23-30)25-32-11-2-4-16-37(32)38)42(47)22-21-41(46)44-27-33-13-8-12-31-10-1-3-15-36(31)33;3-2(4,5)1(6)7/h1-20,23-24H,21-22,25-28,43H2,(H,44,46);(H,6,7). The number of fused-ring (bicyclic) bond motifs is 4. The third kappa shape index (κ3) is 9.56. The summed E-state index contributed by atoms with van der Waals surface area (Å²) < 4.78 is 38.1. The van der Waals surface area contributed by atoms with Crippen LogP contribution < -0.4 is 20.7 Å². The number of nitrogens with zero attached hydrogens (tertiary/aromatic N) is 1. The third-order valence-electron chi connectivity index (χ3n) is 9.18. The van der Waals surface area contributed by atoms with Crippen molar-refractivity contribution >= 4 is 34.2 Å². The lowest BCUT2D eigenvalue weighted by atomic mass is 10.0. The molecule has 0 atom stereocenters. The second kappa shape index (κ2) is 17.1. The van der Waals surface area contributed by atoms with Crippen LogP contribution in [0.15, 0.2) is 133 Å². The fourth-order valence-corrected chi connectivity index (χ4v) is 6.50. The second-order valence-corrected chi connectivity index (χ2v) is 12.9. The number of nitrogens with one attached hydrogen (secondary N) is 1. The number of ether oxygens (including phenoxy) is 1. The van der Waals surface area contributed by atoms with Gasteiger partial charge in [-0.15, -0.1) is 0 Å². The highest BCUT2D eigenvalue weighted by Crippen LogP contribution is 2.38. The number of rotatable bonds is 11. The molecule has 6 aromatic rings. The molecule has 1 aliphatic carbocycles. The third-order valence-corrected chi connectivity index (χ3v) is 9.18. The molecule has 4 N–H and O–H groups in total. The number of nitrogens with two attached hydrogens (primary N) is 1. The fraction of sp³-hybridized carbons (Fsp3) is 0.159. The van der Waals surface area contributed by atoms with E-state index in [-0.39, 0.29) is 24.7 Å². The van der Waals surface area contributed by atoms with E-state index >= 15 is 0 Å². The van der Waals surface area contributed by atoms with E-state index in [0.29, 0.717) is 36.8 Å². The van der Waals surface area contributed by atoms with Gasteiger partial charge in [-0.3, -0.25) is 9.59 Å². The Morgan fingerprint density at radius 3 is 2.24 bits per heavy atom. The first-order chi connectivity index (χ1) is 26.5. The van der Waals surface area contributed by atoms with Crippen LogP contribution in [0.5, 0.6) is 11.5 Å². The lowest BCUT2D eigenvalue weighted by molar-refractivity contribution is -0.192. The molecule has 0 saturated heterocycles. The minimum atomic E-state index is -5.08. The number of hydrogen-bond donors (Lipinski definition) is 3. The molecule has 280 valence electrons.